The fraction of sp³-hybridized carbons (Fsp3) is 0.583. The van der Waals surface area contributed by atoms with Gasteiger partial charge in [0.25, 0.3) is 0 Å². The Balaban J connectivity index is 1.72. The van der Waals surface area contributed by atoms with Gasteiger partial charge in [-0.15, -0.1) is 11.8 Å². The van der Waals surface area contributed by atoms with Crippen molar-refractivity contribution in [1.29, 1.82) is 0 Å². The summed E-state index contributed by atoms with van der Waals surface area (Å²) in [6, 6.07) is 3.79. The van der Waals surface area contributed by atoms with Gasteiger partial charge in [0.1, 0.15) is 11.1 Å². The third kappa shape index (κ3) is 2.21. The molecular formula is C12H15NO3S. The first kappa shape index (κ1) is 11.2. The van der Waals surface area contributed by atoms with Crippen molar-refractivity contribution in [1.82, 2.24) is 4.90 Å². The van der Waals surface area contributed by atoms with Crippen LogP contribution in [0.2, 0.25) is 0 Å². The molecule has 4 nitrogen and oxygen atoms in total. The highest BCUT2D eigenvalue weighted by atomic mass is 32.2. The molecule has 0 radical (unpaired) electrons. The summed E-state index contributed by atoms with van der Waals surface area (Å²) in [5.41, 5.74) is 0. The zero-order valence-corrected chi connectivity index (χ0v) is 10.3. The van der Waals surface area contributed by atoms with E-state index in [1.165, 1.54) is 0 Å². The minimum Gasteiger partial charge on any atom is -0.466 e. The zero-order chi connectivity index (χ0) is 11.7. The van der Waals surface area contributed by atoms with Crippen molar-refractivity contribution in [2.24, 2.45) is 0 Å². The molecule has 1 aromatic rings. The second kappa shape index (κ2) is 4.74. The van der Waals surface area contributed by atoms with E-state index in [9.17, 15) is 4.79 Å². The first-order chi connectivity index (χ1) is 8.34. The summed E-state index contributed by atoms with van der Waals surface area (Å²) < 4.78 is 11.0. The maximum atomic E-state index is 11.9. The molecule has 2 saturated heterocycles. The van der Waals surface area contributed by atoms with Gasteiger partial charge in [-0.2, -0.15) is 0 Å². The largest absolute Gasteiger partial charge is 0.466 e. The number of furan rings is 1. The molecule has 1 aromatic heterocycles. The fourth-order valence-electron chi connectivity index (χ4n) is 2.33. The van der Waals surface area contributed by atoms with Gasteiger partial charge in [0.15, 0.2) is 0 Å². The average Bonchev–Trinajstić information content (AvgIpc) is 3.03. The van der Waals surface area contributed by atoms with E-state index in [2.05, 4.69) is 0 Å². The van der Waals surface area contributed by atoms with E-state index in [1.807, 2.05) is 17.0 Å². The van der Waals surface area contributed by atoms with Crippen LogP contribution in [0.1, 0.15) is 24.0 Å². The first-order valence-electron chi connectivity index (χ1n) is 5.90. The Morgan fingerprint density at radius 3 is 3.18 bits per heavy atom. The van der Waals surface area contributed by atoms with E-state index in [1.54, 1.807) is 18.0 Å². The van der Waals surface area contributed by atoms with Crippen molar-refractivity contribution in [3.05, 3.63) is 24.2 Å². The van der Waals surface area contributed by atoms with Crippen LogP contribution in [0.15, 0.2) is 22.8 Å². The highest BCUT2D eigenvalue weighted by Crippen LogP contribution is 2.39. The second-order valence-corrected chi connectivity index (χ2v) is 5.43. The van der Waals surface area contributed by atoms with E-state index < -0.39 is 0 Å². The molecule has 1 amide bonds. The lowest BCUT2D eigenvalue weighted by Gasteiger charge is -2.24. The molecule has 3 rings (SSSR count). The van der Waals surface area contributed by atoms with Gasteiger partial charge < -0.3 is 14.1 Å². The smallest absolute Gasteiger partial charge is 0.234 e. The molecule has 2 fully saturated rings. The van der Waals surface area contributed by atoms with Crippen molar-refractivity contribution in [2.45, 2.75) is 24.3 Å². The van der Waals surface area contributed by atoms with E-state index in [0.717, 1.165) is 25.2 Å². The predicted octanol–water partition coefficient (Wildman–Crippen LogP) is 2.03. The van der Waals surface area contributed by atoms with Crippen LogP contribution in [0, 0.1) is 0 Å². The molecule has 17 heavy (non-hydrogen) atoms. The van der Waals surface area contributed by atoms with Crippen molar-refractivity contribution < 1.29 is 13.9 Å². The SMILES string of the molecule is O=C1CSC(c2ccco2)N1CC1CCCO1. The molecule has 3 heterocycles. The van der Waals surface area contributed by atoms with Crippen LogP contribution < -0.4 is 0 Å². The Labute approximate surface area is 104 Å². The minimum absolute atomic E-state index is 0.0294. The highest BCUT2D eigenvalue weighted by Gasteiger charge is 2.36. The van der Waals surface area contributed by atoms with Gasteiger partial charge in [-0.05, 0) is 25.0 Å². The Kier molecular flexibility index (Phi) is 3.11. The quantitative estimate of drug-likeness (QED) is 0.826. The number of hydrogen-bond acceptors (Lipinski definition) is 4. The summed E-state index contributed by atoms with van der Waals surface area (Å²) in [5, 5.41) is 0.0294. The number of carbonyl (C=O) groups is 1. The van der Waals surface area contributed by atoms with Crippen molar-refractivity contribution >= 4 is 17.7 Å². The Hall–Kier alpha value is -0.940. The van der Waals surface area contributed by atoms with Crippen LogP contribution in [-0.4, -0.2) is 35.8 Å². The standard InChI is InChI=1S/C12H15NO3S/c14-11-8-17-12(10-4-2-6-16-10)13(11)7-9-3-1-5-15-9/h2,4,6,9,12H,1,3,5,7-8H2. The highest BCUT2D eigenvalue weighted by molar-refractivity contribution is 8.00. The number of thioether (sulfide) groups is 1. The van der Waals surface area contributed by atoms with Gasteiger partial charge in [-0.25, -0.2) is 0 Å². The third-order valence-electron chi connectivity index (χ3n) is 3.18. The van der Waals surface area contributed by atoms with E-state index in [4.69, 9.17) is 9.15 Å². The van der Waals surface area contributed by atoms with Crippen LogP contribution >= 0.6 is 11.8 Å². The van der Waals surface area contributed by atoms with Gasteiger partial charge >= 0.3 is 0 Å². The molecule has 5 heteroatoms. The molecule has 2 aliphatic heterocycles. The molecular weight excluding hydrogens is 238 g/mol. The topological polar surface area (TPSA) is 42.7 Å². The Bertz CT molecular complexity index is 386. The summed E-state index contributed by atoms with van der Waals surface area (Å²) in [6.45, 7) is 1.52. The minimum atomic E-state index is 0.0294. The summed E-state index contributed by atoms with van der Waals surface area (Å²) in [5.74, 6) is 1.59. The van der Waals surface area contributed by atoms with Crippen LogP contribution in [-0.2, 0) is 9.53 Å². The van der Waals surface area contributed by atoms with Crippen LogP contribution in [0.4, 0.5) is 0 Å². The van der Waals surface area contributed by atoms with E-state index >= 15 is 0 Å². The van der Waals surface area contributed by atoms with E-state index in [-0.39, 0.29) is 17.4 Å². The van der Waals surface area contributed by atoms with Gasteiger partial charge in [-0.3, -0.25) is 4.79 Å². The maximum Gasteiger partial charge on any atom is 0.234 e. The molecule has 92 valence electrons. The zero-order valence-electron chi connectivity index (χ0n) is 9.50. The number of ether oxygens (including phenoxy) is 1. The third-order valence-corrected chi connectivity index (χ3v) is 4.40. The number of amides is 1. The van der Waals surface area contributed by atoms with Crippen molar-refractivity contribution in [3.63, 3.8) is 0 Å². The lowest BCUT2D eigenvalue weighted by Crippen LogP contribution is -2.35. The fourth-order valence-corrected chi connectivity index (χ4v) is 3.47. The summed E-state index contributed by atoms with van der Waals surface area (Å²) >= 11 is 1.63. The Morgan fingerprint density at radius 1 is 1.53 bits per heavy atom. The molecule has 0 bridgehead atoms. The second-order valence-electron chi connectivity index (χ2n) is 4.36. The summed E-state index contributed by atoms with van der Waals surface area (Å²) in [7, 11) is 0. The number of hydrogen-bond donors (Lipinski definition) is 0. The Morgan fingerprint density at radius 2 is 2.47 bits per heavy atom. The van der Waals surface area contributed by atoms with Crippen molar-refractivity contribution in [3.8, 4) is 0 Å². The number of rotatable bonds is 3. The van der Waals surface area contributed by atoms with Crippen LogP contribution in [0.25, 0.3) is 0 Å². The molecule has 0 spiro atoms. The predicted molar refractivity (Wildman–Crippen MR) is 64.6 cm³/mol. The molecule has 0 aliphatic carbocycles. The van der Waals surface area contributed by atoms with Crippen LogP contribution in [0.5, 0.6) is 0 Å². The van der Waals surface area contributed by atoms with Crippen molar-refractivity contribution in [2.75, 3.05) is 18.9 Å². The van der Waals surface area contributed by atoms with Gasteiger partial charge in [0, 0.05) is 13.2 Å². The van der Waals surface area contributed by atoms with Crippen LogP contribution in [0.3, 0.4) is 0 Å². The molecule has 0 N–H and O–H groups in total. The average molecular weight is 253 g/mol. The maximum absolute atomic E-state index is 11.9. The lowest BCUT2D eigenvalue weighted by atomic mass is 10.2. The molecule has 0 saturated carbocycles. The van der Waals surface area contributed by atoms with Gasteiger partial charge in [0.05, 0.1) is 18.1 Å². The van der Waals surface area contributed by atoms with E-state index in [0.29, 0.717) is 12.3 Å². The van der Waals surface area contributed by atoms with Gasteiger partial charge in [0.2, 0.25) is 5.91 Å². The van der Waals surface area contributed by atoms with Gasteiger partial charge in [-0.1, -0.05) is 0 Å². The number of carbonyl (C=O) groups excluding carboxylic acids is 1. The molecule has 0 aromatic carbocycles. The monoisotopic (exact) mass is 253 g/mol. The lowest BCUT2D eigenvalue weighted by molar-refractivity contribution is -0.129. The summed E-state index contributed by atoms with van der Waals surface area (Å²) in [4.78, 5) is 13.8. The molecule has 2 aliphatic rings. The molecule has 2 atom stereocenters. The molecule has 2 unspecified atom stereocenters. The number of nitrogens with zero attached hydrogens (tertiary/aromatic N) is 1. The normalized spacial score (nSPS) is 29.2. The first-order valence-corrected chi connectivity index (χ1v) is 6.95. The summed E-state index contributed by atoms with van der Waals surface area (Å²) in [6.07, 6.45) is 4.02.